The Kier molecular flexibility index (Phi) is 3.70. The van der Waals surface area contributed by atoms with Gasteiger partial charge in [-0.25, -0.2) is 4.68 Å². The molecule has 0 saturated carbocycles. The zero-order chi connectivity index (χ0) is 16.5. The van der Waals surface area contributed by atoms with Crippen molar-refractivity contribution in [3.63, 3.8) is 0 Å². The molecule has 0 aliphatic rings. The molecule has 0 aliphatic carbocycles. The van der Waals surface area contributed by atoms with Gasteiger partial charge in [0.15, 0.2) is 4.83 Å². The van der Waals surface area contributed by atoms with E-state index in [0.29, 0.717) is 16.8 Å². The number of rotatable bonds is 3. The van der Waals surface area contributed by atoms with Crippen molar-refractivity contribution < 1.29 is 0 Å². The molecule has 4 rings (SSSR count). The zero-order valence-electron chi connectivity index (χ0n) is 13.1. The average Bonchev–Trinajstić information content (AvgIpc) is 3.03. The SMILES string of the molecule is Cc1cccc(Cn2nnc3sc(-c4ccccc4)cc3c2=O)c1. The summed E-state index contributed by atoms with van der Waals surface area (Å²) in [6.45, 7) is 2.46. The van der Waals surface area contributed by atoms with Crippen LogP contribution in [0.25, 0.3) is 20.7 Å². The number of fused-ring (bicyclic) bond motifs is 1. The lowest BCUT2D eigenvalue weighted by Crippen LogP contribution is -2.24. The molecule has 4 nitrogen and oxygen atoms in total. The number of benzene rings is 2. The van der Waals surface area contributed by atoms with Gasteiger partial charge < -0.3 is 0 Å². The fourth-order valence-electron chi connectivity index (χ4n) is 2.71. The molecule has 4 aromatic rings. The van der Waals surface area contributed by atoms with Crippen LogP contribution in [0.15, 0.2) is 65.5 Å². The second-order valence-corrected chi connectivity index (χ2v) is 6.77. The van der Waals surface area contributed by atoms with Crippen LogP contribution in [0, 0.1) is 6.92 Å². The monoisotopic (exact) mass is 333 g/mol. The van der Waals surface area contributed by atoms with Crippen molar-refractivity contribution in [3.05, 3.63) is 82.1 Å². The number of hydrogen-bond acceptors (Lipinski definition) is 4. The first-order valence-electron chi connectivity index (χ1n) is 7.69. The Morgan fingerprint density at radius 2 is 1.88 bits per heavy atom. The van der Waals surface area contributed by atoms with Crippen molar-refractivity contribution >= 4 is 21.6 Å². The van der Waals surface area contributed by atoms with Gasteiger partial charge >= 0.3 is 0 Å². The van der Waals surface area contributed by atoms with Crippen LogP contribution in [0.3, 0.4) is 0 Å². The number of thiophene rings is 1. The van der Waals surface area contributed by atoms with Crippen LogP contribution < -0.4 is 5.56 Å². The zero-order valence-corrected chi connectivity index (χ0v) is 14.0. The van der Waals surface area contributed by atoms with E-state index < -0.39 is 0 Å². The summed E-state index contributed by atoms with van der Waals surface area (Å²) >= 11 is 1.50. The molecule has 24 heavy (non-hydrogen) atoms. The lowest BCUT2D eigenvalue weighted by molar-refractivity contribution is 0.602. The van der Waals surface area contributed by atoms with Crippen molar-refractivity contribution in [1.29, 1.82) is 0 Å². The van der Waals surface area contributed by atoms with Crippen LogP contribution >= 0.6 is 11.3 Å². The van der Waals surface area contributed by atoms with E-state index in [1.165, 1.54) is 16.0 Å². The highest BCUT2D eigenvalue weighted by Gasteiger charge is 2.11. The molecular formula is C19H15N3OS. The fourth-order valence-corrected chi connectivity index (χ4v) is 3.69. The Bertz CT molecular complexity index is 1070. The molecule has 118 valence electrons. The number of nitrogens with zero attached hydrogens (tertiary/aromatic N) is 3. The Morgan fingerprint density at radius 1 is 1.04 bits per heavy atom. The van der Waals surface area contributed by atoms with Crippen LogP contribution in [0.2, 0.25) is 0 Å². The van der Waals surface area contributed by atoms with E-state index >= 15 is 0 Å². The van der Waals surface area contributed by atoms with Gasteiger partial charge in [0.25, 0.3) is 5.56 Å². The first-order valence-corrected chi connectivity index (χ1v) is 8.51. The Morgan fingerprint density at radius 3 is 2.67 bits per heavy atom. The Hall–Kier alpha value is -2.79. The molecule has 2 heterocycles. The molecule has 0 amide bonds. The van der Waals surface area contributed by atoms with E-state index in [-0.39, 0.29) is 5.56 Å². The maximum absolute atomic E-state index is 12.7. The van der Waals surface area contributed by atoms with Crippen molar-refractivity contribution in [2.24, 2.45) is 0 Å². The first-order chi connectivity index (χ1) is 11.7. The highest BCUT2D eigenvalue weighted by molar-refractivity contribution is 7.21. The molecule has 0 fully saturated rings. The molecule has 0 unspecified atom stereocenters. The summed E-state index contributed by atoms with van der Waals surface area (Å²) in [4.78, 5) is 14.4. The summed E-state index contributed by atoms with van der Waals surface area (Å²) in [6.07, 6.45) is 0. The van der Waals surface area contributed by atoms with E-state index in [4.69, 9.17) is 0 Å². The lowest BCUT2D eigenvalue weighted by atomic mass is 10.1. The van der Waals surface area contributed by atoms with E-state index in [2.05, 4.69) is 16.4 Å². The van der Waals surface area contributed by atoms with Gasteiger partial charge in [-0.05, 0) is 24.1 Å². The Labute approximate surface area is 143 Å². The first kappa shape index (κ1) is 14.8. The molecule has 0 bridgehead atoms. The second kappa shape index (κ2) is 6.02. The fraction of sp³-hybridized carbons (Fsp3) is 0.105. The molecule has 0 spiro atoms. The number of aromatic nitrogens is 3. The predicted octanol–water partition coefficient (Wildman–Crippen LogP) is 3.88. The molecule has 0 aliphatic heterocycles. The van der Waals surface area contributed by atoms with Crippen LogP contribution in [0.1, 0.15) is 11.1 Å². The Balaban J connectivity index is 1.76. The number of hydrogen-bond donors (Lipinski definition) is 0. The van der Waals surface area contributed by atoms with Gasteiger partial charge in [0.1, 0.15) is 0 Å². The van der Waals surface area contributed by atoms with Crippen LogP contribution in [-0.2, 0) is 6.54 Å². The standard InChI is InChI=1S/C19H15N3OS/c1-13-6-5-7-14(10-13)12-22-19(23)16-11-17(24-18(16)20-21-22)15-8-3-2-4-9-15/h2-11H,12H2,1H3. The molecular weight excluding hydrogens is 318 g/mol. The highest BCUT2D eigenvalue weighted by atomic mass is 32.1. The highest BCUT2D eigenvalue weighted by Crippen LogP contribution is 2.30. The van der Waals surface area contributed by atoms with Gasteiger partial charge in [-0.1, -0.05) is 65.4 Å². The normalized spacial score (nSPS) is 11.0. The van der Waals surface area contributed by atoms with Crippen molar-refractivity contribution in [3.8, 4) is 10.4 Å². The smallest absolute Gasteiger partial charge is 0.267 e. The van der Waals surface area contributed by atoms with E-state index in [9.17, 15) is 4.79 Å². The van der Waals surface area contributed by atoms with E-state index in [1.807, 2.05) is 61.5 Å². The average molecular weight is 333 g/mol. The molecule has 2 aromatic heterocycles. The molecule has 2 aromatic carbocycles. The van der Waals surface area contributed by atoms with Gasteiger partial charge in [0.05, 0.1) is 11.9 Å². The van der Waals surface area contributed by atoms with Gasteiger partial charge in [0, 0.05) is 4.88 Å². The van der Waals surface area contributed by atoms with Crippen molar-refractivity contribution in [2.75, 3.05) is 0 Å². The topological polar surface area (TPSA) is 47.8 Å². The predicted molar refractivity (Wildman–Crippen MR) is 97.4 cm³/mol. The summed E-state index contributed by atoms with van der Waals surface area (Å²) in [5.41, 5.74) is 3.20. The summed E-state index contributed by atoms with van der Waals surface area (Å²) in [5, 5.41) is 8.97. The van der Waals surface area contributed by atoms with Gasteiger partial charge in [-0.3, -0.25) is 4.79 Å². The van der Waals surface area contributed by atoms with Gasteiger partial charge in [-0.2, -0.15) is 0 Å². The van der Waals surface area contributed by atoms with Gasteiger partial charge in [-0.15, -0.1) is 16.4 Å². The molecule has 0 saturated heterocycles. The molecule has 5 heteroatoms. The summed E-state index contributed by atoms with van der Waals surface area (Å²) in [6, 6.07) is 20.0. The maximum Gasteiger partial charge on any atom is 0.278 e. The van der Waals surface area contributed by atoms with Crippen LogP contribution in [0.4, 0.5) is 0 Å². The minimum absolute atomic E-state index is 0.0973. The minimum Gasteiger partial charge on any atom is -0.267 e. The third kappa shape index (κ3) is 2.74. The molecule has 0 N–H and O–H groups in total. The third-order valence-electron chi connectivity index (χ3n) is 3.89. The van der Waals surface area contributed by atoms with E-state index in [1.54, 1.807) is 0 Å². The summed E-state index contributed by atoms with van der Waals surface area (Å²) in [5.74, 6) is 0. The van der Waals surface area contributed by atoms with E-state index in [0.717, 1.165) is 21.6 Å². The summed E-state index contributed by atoms with van der Waals surface area (Å²) in [7, 11) is 0. The molecule has 0 radical (unpaired) electrons. The van der Waals surface area contributed by atoms with Crippen molar-refractivity contribution in [1.82, 2.24) is 15.0 Å². The van der Waals surface area contributed by atoms with Gasteiger partial charge in [0.2, 0.25) is 0 Å². The second-order valence-electron chi connectivity index (χ2n) is 5.74. The number of aryl methyl sites for hydroxylation is 1. The molecule has 0 atom stereocenters. The van der Waals surface area contributed by atoms with Crippen LogP contribution in [0.5, 0.6) is 0 Å². The summed E-state index contributed by atoms with van der Waals surface area (Å²) < 4.78 is 1.43. The maximum atomic E-state index is 12.7. The quantitative estimate of drug-likeness (QED) is 0.572. The largest absolute Gasteiger partial charge is 0.278 e. The van der Waals surface area contributed by atoms with Crippen molar-refractivity contribution in [2.45, 2.75) is 13.5 Å². The third-order valence-corrected chi connectivity index (χ3v) is 4.96. The lowest BCUT2D eigenvalue weighted by Gasteiger charge is -2.04. The minimum atomic E-state index is -0.0973. The van der Waals surface area contributed by atoms with Crippen LogP contribution in [-0.4, -0.2) is 15.0 Å².